The van der Waals surface area contributed by atoms with E-state index in [-0.39, 0.29) is 18.7 Å². The Bertz CT molecular complexity index is 721. The van der Waals surface area contributed by atoms with Gasteiger partial charge in [0.1, 0.15) is 0 Å². The summed E-state index contributed by atoms with van der Waals surface area (Å²) in [6, 6.07) is 13.3. The molecule has 0 saturated heterocycles. The third kappa shape index (κ3) is 4.36. The molecule has 126 valence electrons. The molecule has 4 nitrogen and oxygen atoms in total. The average Bonchev–Trinajstić information content (AvgIpc) is 3.04. The Kier molecular flexibility index (Phi) is 5.53. The fourth-order valence-electron chi connectivity index (χ4n) is 2.39. The lowest BCUT2D eigenvalue weighted by Crippen LogP contribution is -2.28. The topological polar surface area (TPSA) is 47.6 Å². The number of thioether (sulfide) groups is 1. The number of carbonyl (C=O) groups excluding carboxylic acids is 1. The van der Waals surface area contributed by atoms with Gasteiger partial charge in [-0.3, -0.25) is 4.79 Å². The van der Waals surface area contributed by atoms with Crippen LogP contribution in [0.3, 0.4) is 0 Å². The number of halogens is 1. The molecule has 0 aromatic heterocycles. The quantitative estimate of drug-likeness (QED) is 0.836. The summed E-state index contributed by atoms with van der Waals surface area (Å²) in [6.07, 6.45) is 0. The molecular weight excluding hydrogens is 346 g/mol. The monoisotopic (exact) mass is 363 g/mol. The van der Waals surface area contributed by atoms with Crippen molar-refractivity contribution in [3.8, 4) is 11.5 Å². The zero-order valence-corrected chi connectivity index (χ0v) is 14.8. The van der Waals surface area contributed by atoms with Gasteiger partial charge in [-0.15, -0.1) is 11.8 Å². The number of nitrogens with one attached hydrogen (secondary N) is 1. The van der Waals surface area contributed by atoms with Gasteiger partial charge in [-0.05, 0) is 42.3 Å². The SMILES string of the molecule is CC(NC(=O)CSCc1ccc(Cl)cc1)c1ccc2c(c1)OCO2. The molecule has 0 fully saturated rings. The third-order valence-corrected chi connectivity index (χ3v) is 4.95. The zero-order chi connectivity index (χ0) is 16.9. The molecule has 0 radical (unpaired) electrons. The van der Waals surface area contributed by atoms with Gasteiger partial charge in [0, 0.05) is 10.8 Å². The fourth-order valence-corrected chi connectivity index (χ4v) is 3.32. The lowest BCUT2D eigenvalue weighted by atomic mass is 10.1. The molecule has 2 aromatic carbocycles. The third-order valence-electron chi connectivity index (χ3n) is 3.69. The minimum atomic E-state index is -0.0804. The number of benzene rings is 2. The number of ether oxygens (including phenoxy) is 2. The maximum absolute atomic E-state index is 12.1. The predicted octanol–water partition coefficient (Wildman–Crippen LogP) is 4.18. The van der Waals surface area contributed by atoms with Crippen LogP contribution in [-0.4, -0.2) is 18.5 Å². The summed E-state index contributed by atoms with van der Waals surface area (Å²) in [5.41, 5.74) is 2.15. The average molecular weight is 364 g/mol. The van der Waals surface area contributed by atoms with E-state index in [1.807, 2.05) is 49.4 Å². The van der Waals surface area contributed by atoms with E-state index >= 15 is 0 Å². The number of carbonyl (C=O) groups is 1. The van der Waals surface area contributed by atoms with Crippen molar-refractivity contribution in [2.24, 2.45) is 0 Å². The van der Waals surface area contributed by atoms with Crippen molar-refractivity contribution >= 4 is 29.3 Å². The van der Waals surface area contributed by atoms with E-state index in [9.17, 15) is 4.79 Å². The van der Waals surface area contributed by atoms with Crippen molar-refractivity contribution in [1.82, 2.24) is 5.32 Å². The van der Waals surface area contributed by atoms with Gasteiger partial charge in [-0.2, -0.15) is 0 Å². The second-order valence-electron chi connectivity index (χ2n) is 5.52. The minimum absolute atomic E-state index is 0.0131. The van der Waals surface area contributed by atoms with E-state index in [0.717, 1.165) is 33.4 Å². The number of fused-ring (bicyclic) bond motifs is 1. The molecule has 0 aliphatic carbocycles. The highest BCUT2D eigenvalue weighted by Crippen LogP contribution is 2.34. The zero-order valence-electron chi connectivity index (χ0n) is 13.3. The van der Waals surface area contributed by atoms with Crippen molar-refractivity contribution in [3.05, 3.63) is 58.6 Å². The van der Waals surface area contributed by atoms with Crippen LogP contribution >= 0.6 is 23.4 Å². The highest BCUT2D eigenvalue weighted by molar-refractivity contribution is 7.99. The summed E-state index contributed by atoms with van der Waals surface area (Å²) in [7, 11) is 0. The van der Waals surface area contributed by atoms with E-state index in [1.54, 1.807) is 11.8 Å². The van der Waals surface area contributed by atoms with Crippen molar-refractivity contribution in [1.29, 1.82) is 0 Å². The first-order chi connectivity index (χ1) is 11.6. The highest BCUT2D eigenvalue weighted by atomic mass is 35.5. The molecule has 0 saturated carbocycles. The number of amides is 1. The number of hydrogen-bond donors (Lipinski definition) is 1. The standard InChI is InChI=1S/C18H18ClNO3S/c1-12(14-4-7-16-17(8-14)23-11-22-16)20-18(21)10-24-9-13-2-5-15(19)6-3-13/h2-8,12H,9-11H2,1H3,(H,20,21). The number of rotatable bonds is 6. The van der Waals surface area contributed by atoms with E-state index in [2.05, 4.69) is 5.32 Å². The van der Waals surface area contributed by atoms with Crippen LogP contribution < -0.4 is 14.8 Å². The smallest absolute Gasteiger partial charge is 0.231 e. The Hall–Kier alpha value is -1.85. The van der Waals surface area contributed by atoms with Gasteiger partial charge in [0.2, 0.25) is 12.7 Å². The molecule has 1 amide bonds. The van der Waals surface area contributed by atoms with Crippen molar-refractivity contribution in [2.45, 2.75) is 18.7 Å². The normalized spacial score (nSPS) is 13.6. The summed E-state index contributed by atoms with van der Waals surface area (Å²) in [4.78, 5) is 12.1. The second-order valence-corrected chi connectivity index (χ2v) is 6.94. The molecule has 0 spiro atoms. The van der Waals surface area contributed by atoms with E-state index in [0.29, 0.717) is 5.75 Å². The molecule has 1 aliphatic heterocycles. The van der Waals surface area contributed by atoms with Crippen LogP contribution in [0, 0.1) is 0 Å². The summed E-state index contributed by atoms with van der Waals surface area (Å²) < 4.78 is 10.7. The van der Waals surface area contributed by atoms with Crippen molar-refractivity contribution in [2.75, 3.05) is 12.5 Å². The maximum atomic E-state index is 12.1. The van der Waals surface area contributed by atoms with Crippen molar-refractivity contribution < 1.29 is 14.3 Å². The summed E-state index contributed by atoms with van der Waals surface area (Å²) in [5, 5.41) is 3.73. The summed E-state index contributed by atoms with van der Waals surface area (Å²) in [6.45, 7) is 2.21. The van der Waals surface area contributed by atoms with Crippen molar-refractivity contribution in [3.63, 3.8) is 0 Å². The van der Waals surface area contributed by atoms with Gasteiger partial charge in [0.25, 0.3) is 0 Å². The largest absolute Gasteiger partial charge is 0.454 e. The fraction of sp³-hybridized carbons (Fsp3) is 0.278. The highest BCUT2D eigenvalue weighted by Gasteiger charge is 2.16. The molecule has 1 atom stereocenters. The molecule has 24 heavy (non-hydrogen) atoms. The Morgan fingerprint density at radius 1 is 1.21 bits per heavy atom. The number of hydrogen-bond acceptors (Lipinski definition) is 4. The van der Waals surface area contributed by atoms with Gasteiger partial charge in [-0.25, -0.2) is 0 Å². The van der Waals surface area contributed by atoms with Gasteiger partial charge in [0.15, 0.2) is 11.5 Å². The molecule has 1 unspecified atom stereocenters. The Labute approximate surface area is 150 Å². The summed E-state index contributed by atoms with van der Waals surface area (Å²) >= 11 is 7.44. The molecule has 1 aliphatic rings. The predicted molar refractivity (Wildman–Crippen MR) is 96.7 cm³/mol. The van der Waals surface area contributed by atoms with Gasteiger partial charge < -0.3 is 14.8 Å². The second kappa shape index (κ2) is 7.81. The van der Waals surface area contributed by atoms with Crippen LogP contribution in [0.4, 0.5) is 0 Å². The van der Waals surface area contributed by atoms with E-state index in [1.165, 1.54) is 0 Å². The van der Waals surface area contributed by atoms with Crippen LogP contribution in [0.5, 0.6) is 11.5 Å². The van der Waals surface area contributed by atoms with Gasteiger partial charge in [-0.1, -0.05) is 29.8 Å². The molecule has 1 heterocycles. The first-order valence-electron chi connectivity index (χ1n) is 7.63. The first-order valence-corrected chi connectivity index (χ1v) is 9.16. The molecule has 2 aromatic rings. The lowest BCUT2D eigenvalue weighted by molar-refractivity contribution is -0.119. The molecule has 0 bridgehead atoms. The molecule has 6 heteroatoms. The maximum Gasteiger partial charge on any atom is 0.231 e. The summed E-state index contributed by atoms with van der Waals surface area (Å²) in [5.74, 6) is 2.68. The molecule has 1 N–H and O–H groups in total. The Morgan fingerprint density at radius 3 is 2.75 bits per heavy atom. The van der Waals surface area contributed by atoms with E-state index < -0.39 is 0 Å². The van der Waals surface area contributed by atoms with E-state index in [4.69, 9.17) is 21.1 Å². The van der Waals surface area contributed by atoms with Gasteiger partial charge in [0.05, 0.1) is 11.8 Å². The molecule has 3 rings (SSSR count). The first kappa shape index (κ1) is 17.0. The Balaban J connectivity index is 1.46. The van der Waals surface area contributed by atoms with Crippen LogP contribution in [0.15, 0.2) is 42.5 Å². The van der Waals surface area contributed by atoms with Crippen LogP contribution in [-0.2, 0) is 10.5 Å². The Morgan fingerprint density at radius 2 is 1.96 bits per heavy atom. The minimum Gasteiger partial charge on any atom is -0.454 e. The lowest BCUT2D eigenvalue weighted by Gasteiger charge is -2.14. The van der Waals surface area contributed by atoms with Crippen LogP contribution in [0.2, 0.25) is 5.02 Å². The molecular formula is C18H18ClNO3S. The van der Waals surface area contributed by atoms with Crippen LogP contribution in [0.25, 0.3) is 0 Å². The van der Waals surface area contributed by atoms with Gasteiger partial charge >= 0.3 is 0 Å². The van der Waals surface area contributed by atoms with Crippen LogP contribution in [0.1, 0.15) is 24.1 Å².